The van der Waals surface area contributed by atoms with Gasteiger partial charge in [0.05, 0.1) is 25.5 Å². The molecular formula is C23H28N10O2. The van der Waals surface area contributed by atoms with Gasteiger partial charge in [0.1, 0.15) is 11.6 Å². The maximum atomic E-state index is 9.97. The molecule has 12 heteroatoms. The summed E-state index contributed by atoms with van der Waals surface area (Å²) in [5.41, 5.74) is 3.19. The van der Waals surface area contributed by atoms with Gasteiger partial charge in [0.15, 0.2) is 22.8 Å². The average Bonchev–Trinajstić information content (AvgIpc) is 3.50. The summed E-state index contributed by atoms with van der Waals surface area (Å²) in [6.45, 7) is 7.46. The monoisotopic (exact) mass is 476 g/mol. The van der Waals surface area contributed by atoms with Gasteiger partial charge in [-0.1, -0.05) is 5.21 Å². The number of aromatic amines is 1. The highest BCUT2D eigenvalue weighted by atomic mass is 16.5. The second-order valence-corrected chi connectivity index (χ2v) is 9.11. The van der Waals surface area contributed by atoms with Gasteiger partial charge in [-0.25, -0.2) is 19.6 Å². The van der Waals surface area contributed by atoms with Gasteiger partial charge >= 0.3 is 0 Å². The molecule has 2 fully saturated rings. The number of hydrogen-bond donors (Lipinski definition) is 2. The molecule has 0 aliphatic carbocycles. The minimum atomic E-state index is 0.0746. The van der Waals surface area contributed by atoms with Crippen molar-refractivity contribution in [1.29, 1.82) is 0 Å². The van der Waals surface area contributed by atoms with Crippen molar-refractivity contribution in [3.63, 3.8) is 0 Å². The van der Waals surface area contributed by atoms with Crippen molar-refractivity contribution in [1.82, 2.24) is 44.8 Å². The minimum Gasteiger partial charge on any atom is -0.506 e. The highest BCUT2D eigenvalue weighted by molar-refractivity contribution is 5.85. The zero-order chi connectivity index (χ0) is 23.8. The molecule has 0 aromatic carbocycles. The van der Waals surface area contributed by atoms with Gasteiger partial charge in [-0.2, -0.15) is 0 Å². The summed E-state index contributed by atoms with van der Waals surface area (Å²) < 4.78 is 7.49. The van der Waals surface area contributed by atoms with E-state index in [1.54, 1.807) is 12.3 Å². The number of likely N-dealkylation sites (tertiary alicyclic amines) is 1. The van der Waals surface area contributed by atoms with Crippen molar-refractivity contribution in [2.45, 2.75) is 32.4 Å². The first-order valence-corrected chi connectivity index (χ1v) is 12.0. The van der Waals surface area contributed by atoms with Crippen molar-refractivity contribution < 1.29 is 9.84 Å². The molecule has 2 N–H and O–H groups in total. The molecule has 6 heterocycles. The van der Waals surface area contributed by atoms with E-state index < -0.39 is 0 Å². The number of ether oxygens (including phenoxy) is 1. The zero-order valence-electron chi connectivity index (χ0n) is 19.6. The Balaban J connectivity index is 1.31. The lowest BCUT2D eigenvalue weighted by Crippen LogP contribution is -2.37. The largest absolute Gasteiger partial charge is 0.506 e. The molecule has 2 aliphatic heterocycles. The van der Waals surface area contributed by atoms with E-state index in [-0.39, 0.29) is 11.8 Å². The molecule has 0 radical (unpaired) electrons. The third-order valence-corrected chi connectivity index (χ3v) is 6.65. The SMILES string of the molecule is Cc1ncc(CN2CCC(n3nnc4c(N5CCOCC5)nc(-c5cncc(O)c5)nc43)CC2)[nH]1. The number of pyridine rings is 1. The second-order valence-electron chi connectivity index (χ2n) is 9.11. The number of morpholine rings is 1. The maximum absolute atomic E-state index is 9.97. The summed E-state index contributed by atoms with van der Waals surface area (Å²) in [5, 5.41) is 19.0. The van der Waals surface area contributed by atoms with Crippen LogP contribution in [0.15, 0.2) is 24.7 Å². The number of aromatic nitrogens is 8. The fourth-order valence-corrected chi connectivity index (χ4v) is 4.85. The molecule has 0 atom stereocenters. The Kier molecular flexibility index (Phi) is 5.74. The number of anilines is 1. The van der Waals surface area contributed by atoms with Crippen molar-refractivity contribution in [3.05, 3.63) is 36.2 Å². The molecular weight excluding hydrogens is 448 g/mol. The van der Waals surface area contributed by atoms with Crippen molar-refractivity contribution >= 4 is 17.0 Å². The van der Waals surface area contributed by atoms with E-state index >= 15 is 0 Å². The molecule has 0 bridgehead atoms. The summed E-state index contributed by atoms with van der Waals surface area (Å²) in [6.07, 6.45) is 6.87. The van der Waals surface area contributed by atoms with Crippen LogP contribution in [0, 0.1) is 6.92 Å². The number of rotatable bonds is 5. The van der Waals surface area contributed by atoms with Crippen LogP contribution in [0.5, 0.6) is 5.75 Å². The first kappa shape index (κ1) is 21.9. The van der Waals surface area contributed by atoms with E-state index in [0.29, 0.717) is 35.8 Å². The minimum absolute atomic E-state index is 0.0746. The molecule has 182 valence electrons. The number of hydrogen-bond acceptors (Lipinski definition) is 10. The van der Waals surface area contributed by atoms with Gasteiger partial charge in [0, 0.05) is 56.4 Å². The fourth-order valence-electron chi connectivity index (χ4n) is 4.85. The Hall–Kier alpha value is -3.64. The quantitative estimate of drug-likeness (QED) is 0.438. The molecule has 6 rings (SSSR count). The number of imidazole rings is 1. The highest BCUT2D eigenvalue weighted by Crippen LogP contribution is 2.31. The van der Waals surface area contributed by atoms with Crippen LogP contribution in [0.1, 0.15) is 30.4 Å². The van der Waals surface area contributed by atoms with E-state index in [1.807, 2.05) is 17.8 Å². The Morgan fingerprint density at radius 1 is 1.09 bits per heavy atom. The van der Waals surface area contributed by atoms with Gasteiger partial charge in [-0.05, 0) is 25.8 Å². The van der Waals surface area contributed by atoms with Crippen LogP contribution in [-0.2, 0) is 11.3 Å². The molecule has 2 saturated heterocycles. The number of aryl methyl sites for hydroxylation is 1. The van der Waals surface area contributed by atoms with Gasteiger partial charge in [0.25, 0.3) is 0 Å². The lowest BCUT2D eigenvalue weighted by molar-refractivity contribution is 0.122. The molecule has 0 unspecified atom stereocenters. The normalized spacial score (nSPS) is 17.9. The Morgan fingerprint density at radius 3 is 2.66 bits per heavy atom. The predicted molar refractivity (Wildman–Crippen MR) is 128 cm³/mol. The first-order valence-electron chi connectivity index (χ1n) is 12.0. The average molecular weight is 477 g/mol. The lowest BCUT2D eigenvalue weighted by atomic mass is 10.1. The third-order valence-electron chi connectivity index (χ3n) is 6.65. The number of aromatic hydroxyl groups is 1. The third kappa shape index (κ3) is 4.42. The van der Waals surface area contributed by atoms with Crippen molar-refractivity contribution in [2.75, 3.05) is 44.3 Å². The van der Waals surface area contributed by atoms with Crippen LogP contribution in [0.2, 0.25) is 0 Å². The Bertz CT molecular complexity index is 1320. The summed E-state index contributed by atoms with van der Waals surface area (Å²) in [7, 11) is 0. The van der Waals surface area contributed by atoms with Gasteiger partial charge < -0.3 is 19.7 Å². The molecule has 0 amide bonds. The molecule has 35 heavy (non-hydrogen) atoms. The fraction of sp³-hybridized carbons (Fsp3) is 0.478. The van der Waals surface area contributed by atoms with E-state index in [9.17, 15) is 5.11 Å². The summed E-state index contributed by atoms with van der Waals surface area (Å²) in [6, 6.07) is 1.82. The number of piperidine rings is 1. The van der Waals surface area contributed by atoms with Crippen LogP contribution in [0.25, 0.3) is 22.6 Å². The van der Waals surface area contributed by atoms with Crippen molar-refractivity contribution in [2.24, 2.45) is 0 Å². The number of nitrogens with one attached hydrogen (secondary N) is 1. The van der Waals surface area contributed by atoms with Crippen LogP contribution in [-0.4, -0.2) is 89.3 Å². The van der Waals surface area contributed by atoms with E-state index in [1.165, 1.54) is 6.20 Å². The molecule has 4 aromatic heterocycles. The van der Waals surface area contributed by atoms with Crippen LogP contribution >= 0.6 is 0 Å². The second kappa shape index (κ2) is 9.19. The van der Waals surface area contributed by atoms with Gasteiger partial charge in [-0.3, -0.25) is 9.88 Å². The molecule has 4 aromatic rings. The standard InChI is InChI=1S/C23H28N10O2/c1-15-25-12-17(26-15)14-31-4-2-18(3-5-31)33-23-20(29-30-33)22(32-6-8-35-9-7-32)27-21(28-23)16-10-19(34)13-24-11-16/h10-13,18,34H,2-9,14H2,1H3,(H,25,26). The predicted octanol–water partition coefficient (Wildman–Crippen LogP) is 1.69. The van der Waals surface area contributed by atoms with Crippen LogP contribution in [0.3, 0.4) is 0 Å². The maximum Gasteiger partial charge on any atom is 0.184 e. The van der Waals surface area contributed by atoms with E-state index in [4.69, 9.17) is 14.7 Å². The first-order chi connectivity index (χ1) is 17.1. The van der Waals surface area contributed by atoms with E-state index in [2.05, 4.69) is 35.1 Å². The number of nitrogens with zero attached hydrogens (tertiary/aromatic N) is 9. The lowest BCUT2D eigenvalue weighted by Gasteiger charge is -2.31. The molecule has 12 nitrogen and oxygen atoms in total. The molecule has 0 saturated carbocycles. The molecule has 0 spiro atoms. The summed E-state index contributed by atoms with van der Waals surface area (Å²) >= 11 is 0. The molecule has 2 aliphatic rings. The number of fused-ring (bicyclic) bond motifs is 1. The zero-order valence-corrected chi connectivity index (χ0v) is 19.6. The van der Waals surface area contributed by atoms with Gasteiger partial charge in [-0.15, -0.1) is 5.10 Å². The van der Waals surface area contributed by atoms with Crippen molar-refractivity contribution in [3.8, 4) is 17.1 Å². The van der Waals surface area contributed by atoms with Crippen LogP contribution < -0.4 is 4.90 Å². The Labute approximate surface area is 202 Å². The topological polar surface area (TPSA) is 134 Å². The summed E-state index contributed by atoms with van der Waals surface area (Å²) in [5.74, 6) is 2.26. The summed E-state index contributed by atoms with van der Waals surface area (Å²) in [4.78, 5) is 26.0. The van der Waals surface area contributed by atoms with Crippen LogP contribution in [0.4, 0.5) is 5.82 Å². The van der Waals surface area contributed by atoms with E-state index in [0.717, 1.165) is 62.9 Å². The van der Waals surface area contributed by atoms with Gasteiger partial charge in [0.2, 0.25) is 0 Å². The number of H-pyrrole nitrogens is 1. The Morgan fingerprint density at radius 2 is 1.91 bits per heavy atom. The highest BCUT2D eigenvalue weighted by Gasteiger charge is 2.27. The smallest absolute Gasteiger partial charge is 0.184 e.